The molecule has 7 heteroatoms. The Kier molecular flexibility index (Phi) is 5.43. The molecule has 1 aromatic rings. The highest BCUT2D eigenvalue weighted by Gasteiger charge is 2.10. The van der Waals surface area contributed by atoms with Crippen LogP contribution in [0.25, 0.3) is 0 Å². The Bertz CT molecular complexity index is 543. The maximum Gasteiger partial charge on any atom is 0.148 e. The van der Waals surface area contributed by atoms with Crippen LogP contribution in [0.4, 0.5) is 4.39 Å². The Morgan fingerprint density at radius 3 is 2.61 bits per heavy atom. The molecule has 0 heterocycles. The molecule has 0 bridgehead atoms. The average Bonchev–Trinajstić information content (AvgIpc) is 2.28. The Balaban J connectivity index is 2.69. The second-order valence-electron chi connectivity index (χ2n) is 4.05. The minimum absolute atomic E-state index is 0.00912. The number of halogens is 1. The predicted molar refractivity (Wildman–Crippen MR) is 70.7 cm³/mol. The van der Waals surface area contributed by atoms with Crippen molar-refractivity contribution >= 4 is 20.6 Å². The molecule has 0 saturated heterocycles. The van der Waals surface area contributed by atoms with Crippen LogP contribution in [-0.2, 0) is 32.9 Å². The molecule has 18 heavy (non-hydrogen) atoms. The lowest BCUT2D eigenvalue weighted by Crippen LogP contribution is -2.13. The number of hydrogen-bond acceptors (Lipinski definition) is 4. The summed E-state index contributed by atoms with van der Waals surface area (Å²) in [6.07, 6.45) is 1.08. The van der Waals surface area contributed by atoms with Gasteiger partial charge in [-0.15, -0.1) is 0 Å². The van der Waals surface area contributed by atoms with Crippen LogP contribution in [0, 0.1) is 5.82 Å². The monoisotopic (exact) mass is 293 g/mol. The van der Waals surface area contributed by atoms with Gasteiger partial charge in [0.05, 0.1) is 11.5 Å². The first-order valence-corrected chi connectivity index (χ1v) is 8.87. The largest absolute Gasteiger partial charge is 0.326 e. The lowest BCUT2D eigenvalue weighted by Gasteiger charge is -2.05. The molecule has 1 rings (SSSR count). The molecule has 0 aliphatic rings. The molecule has 0 radical (unpaired) electrons. The number of sulfone groups is 1. The molecule has 4 nitrogen and oxygen atoms in total. The summed E-state index contributed by atoms with van der Waals surface area (Å²) in [6, 6.07) is 4.41. The summed E-state index contributed by atoms with van der Waals surface area (Å²) in [6.45, 7) is 0.281. The molecule has 0 saturated carbocycles. The van der Waals surface area contributed by atoms with Gasteiger partial charge < -0.3 is 5.73 Å². The molecule has 0 fully saturated rings. The van der Waals surface area contributed by atoms with Gasteiger partial charge in [-0.05, 0) is 11.6 Å². The number of benzene rings is 1. The van der Waals surface area contributed by atoms with E-state index in [4.69, 9.17) is 5.73 Å². The Morgan fingerprint density at radius 2 is 2.06 bits per heavy atom. The molecule has 0 aliphatic carbocycles. The van der Waals surface area contributed by atoms with E-state index in [1.807, 2.05) is 0 Å². The summed E-state index contributed by atoms with van der Waals surface area (Å²) >= 11 is 0. The summed E-state index contributed by atoms with van der Waals surface area (Å²) in [7, 11) is -4.54. The van der Waals surface area contributed by atoms with Crippen LogP contribution in [0.1, 0.15) is 11.1 Å². The van der Waals surface area contributed by atoms with Gasteiger partial charge >= 0.3 is 0 Å². The van der Waals surface area contributed by atoms with E-state index in [2.05, 4.69) is 0 Å². The quantitative estimate of drug-likeness (QED) is 0.832. The van der Waals surface area contributed by atoms with Crippen molar-refractivity contribution in [3.05, 3.63) is 35.1 Å². The van der Waals surface area contributed by atoms with Gasteiger partial charge in [0.25, 0.3) is 0 Å². The zero-order valence-corrected chi connectivity index (χ0v) is 11.7. The molecule has 1 unspecified atom stereocenters. The smallest absolute Gasteiger partial charge is 0.148 e. The van der Waals surface area contributed by atoms with Crippen molar-refractivity contribution in [1.82, 2.24) is 0 Å². The molecule has 1 atom stereocenters. The zero-order valence-electron chi connectivity index (χ0n) is 10.1. The maximum atomic E-state index is 13.4. The Hall–Kier alpha value is -0.790. The van der Waals surface area contributed by atoms with Gasteiger partial charge in [-0.2, -0.15) is 0 Å². The highest BCUT2D eigenvalue weighted by Crippen LogP contribution is 2.12. The van der Waals surface area contributed by atoms with Crippen molar-refractivity contribution in [2.45, 2.75) is 12.3 Å². The lowest BCUT2D eigenvalue weighted by molar-refractivity contribution is 0.602. The molecule has 0 amide bonds. The minimum atomic E-state index is -3.14. The second-order valence-corrected chi connectivity index (χ2v) is 7.88. The summed E-state index contributed by atoms with van der Waals surface area (Å²) in [5.74, 6) is -0.571. The van der Waals surface area contributed by atoms with Crippen molar-refractivity contribution in [2.24, 2.45) is 5.73 Å². The number of nitrogens with two attached hydrogens (primary N) is 1. The molecule has 102 valence electrons. The number of rotatable bonds is 6. The molecule has 2 N–H and O–H groups in total. The zero-order chi connectivity index (χ0) is 13.8. The van der Waals surface area contributed by atoms with Crippen LogP contribution < -0.4 is 5.73 Å². The van der Waals surface area contributed by atoms with Crippen LogP contribution in [0.3, 0.4) is 0 Å². The Labute approximate surface area is 109 Å². The standard InChI is InChI=1S/C11H16FNO3S2/c1-18(15,16)5-4-17(14)8-10-6-9(7-13)2-3-11(10)12/h2-3,6H,4-5,7-8,13H2,1H3. The predicted octanol–water partition coefficient (Wildman–Crippen LogP) is 0.578. The highest BCUT2D eigenvalue weighted by atomic mass is 32.2. The molecule has 0 spiro atoms. The summed E-state index contributed by atoms with van der Waals surface area (Å²) in [5, 5.41) is 0. The van der Waals surface area contributed by atoms with Gasteiger partial charge in [0.15, 0.2) is 0 Å². The molecular weight excluding hydrogens is 277 g/mol. The molecular formula is C11H16FNO3S2. The van der Waals surface area contributed by atoms with Crippen LogP contribution >= 0.6 is 0 Å². The fourth-order valence-electron chi connectivity index (χ4n) is 1.36. The third-order valence-corrected chi connectivity index (χ3v) is 4.84. The van der Waals surface area contributed by atoms with Gasteiger partial charge in [-0.25, -0.2) is 12.8 Å². The van der Waals surface area contributed by atoms with E-state index in [-0.39, 0.29) is 23.8 Å². The van der Waals surface area contributed by atoms with E-state index in [1.54, 1.807) is 12.1 Å². The Morgan fingerprint density at radius 1 is 1.39 bits per heavy atom. The van der Waals surface area contributed by atoms with Gasteiger partial charge in [0, 0.05) is 34.9 Å². The van der Waals surface area contributed by atoms with Gasteiger partial charge in [0.1, 0.15) is 15.7 Å². The highest BCUT2D eigenvalue weighted by molar-refractivity contribution is 7.92. The second kappa shape index (κ2) is 6.40. The van der Waals surface area contributed by atoms with E-state index < -0.39 is 26.5 Å². The van der Waals surface area contributed by atoms with Crippen molar-refractivity contribution in [3.63, 3.8) is 0 Å². The lowest BCUT2D eigenvalue weighted by atomic mass is 10.1. The average molecular weight is 293 g/mol. The first kappa shape index (κ1) is 15.3. The van der Waals surface area contributed by atoms with Gasteiger partial charge in [-0.3, -0.25) is 4.21 Å². The summed E-state index contributed by atoms with van der Waals surface area (Å²) < 4.78 is 47.0. The first-order valence-electron chi connectivity index (χ1n) is 5.32. The third kappa shape index (κ3) is 5.24. The normalized spacial score (nSPS) is 13.5. The van der Waals surface area contributed by atoms with E-state index in [1.165, 1.54) is 6.07 Å². The molecule has 1 aromatic carbocycles. The van der Waals surface area contributed by atoms with E-state index in [9.17, 15) is 17.0 Å². The van der Waals surface area contributed by atoms with Crippen LogP contribution in [0.2, 0.25) is 0 Å². The van der Waals surface area contributed by atoms with Crippen molar-refractivity contribution in [3.8, 4) is 0 Å². The van der Waals surface area contributed by atoms with Crippen LogP contribution in [0.15, 0.2) is 18.2 Å². The SMILES string of the molecule is CS(=O)(=O)CCS(=O)Cc1cc(CN)ccc1F. The van der Waals surface area contributed by atoms with Crippen molar-refractivity contribution < 1.29 is 17.0 Å². The van der Waals surface area contributed by atoms with Crippen LogP contribution in [0.5, 0.6) is 0 Å². The van der Waals surface area contributed by atoms with Crippen molar-refractivity contribution in [1.29, 1.82) is 0 Å². The fraction of sp³-hybridized carbons (Fsp3) is 0.455. The number of hydrogen-bond donors (Lipinski definition) is 1. The van der Waals surface area contributed by atoms with E-state index in [0.29, 0.717) is 5.56 Å². The third-order valence-electron chi connectivity index (χ3n) is 2.34. The first-order chi connectivity index (χ1) is 8.31. The minimum Gasteiger partial charge on any atom is -0.326 e. The van der Waals surface area contributed by atoms with E-state index >= 15 is 0 Å². The fourth-order valence-corrected chi connectivity index (χ4v) is 4.02. The van der Waals surface area contributed by atoms with Gasteiger partial charge in [0.2, 0.25) is 0 Å². The summed E-state index contributed by atoms with van der Waals surface area (Å²) in [5.41, 5.74) is 6.50. The van der Waals surface area contributed by atoms with Crippen molar-refractivity contribution in [2.75, 3.05) is 17.8 Å². The summed E-state index contributed by atoms with van der Waals surface area (Å²) in [4.78, 5) is 0. The molecule has 0 aromatic heterocycles. The maximum absolute atomic E-state index is 13.4. The van der Waals surface area contributed by atoms with E-state index in [0.717, 1.165) is 11.8 Å². The topological polar surface area (TPSA) is 77.2 Å². The van der Waals surface area contributed by atoms with Crippen LogP contribution in [-0.4, -0.2) is 30.4 Å². The molecule has 0 aliphatic heterocycles. The van der Waals surface area contributed by atoms with Gasteiger partial charge in [-0.1, -0.05) is 12.1 Å².